The monoisotopic (exact) mass is 824 g/mol. The SMILES string of the molecule is CCCC(NC(=O)C1Cc2cccc(c2)Oc2ccc(cc2)CCC(=O)N[C@@H](C2CCCCC2)C(=O)O1)C(=O)C(=O)NCC(=O)NC(C(=O)OC(C)(C)C)c1ccccc1. The van der Waals surface area contributed by atoms with Crippen molar-refractivity contribution in [3.05, 3.63) is 95.6 Å². The molecule has 1 saturated carbocycles. The van der Waals surface area contributed by atoms with Gasteiger partial charge >= 0.3 is 11.9 Å². The Bertz CT molecular complexity index is 1990. The lowest BCUT2D eigenvalue weighted by Gasteiger charge is -2.31. The zero-order valence-electron chi connectivity index (χ0n) is 34.8. The molecule has 320 valence electrons. The van der Waals surface area contributed by atoms with Crippen molar-refractivity contribution in [3.63, 3.8) is 0 Å². The molecule has 1 fully saturated rings. The fourth-order valence-corrected chi connectivity index (χ4v) is 7.28. The number of rotatable bonds is 12. The molecule has 4 N–H and O–H groups in total. The molecule has 3 aromatic carbocycles. The van der Waals surface area contributed by atoms with E-state index in [9.17, 15) is 33.6 Å². The number of amides is 4. The maximum Gasteiger partial charge on any atom is 0.333 e. The minimum atomic E-state index is -1.46. The molecule has 1 aliphatic carbocycles. The summed E-state index contributed by atoms with van der Waals surface area (Å²) in [6.07, 6.45) is 3.61. The Kier molecular flexibility index (Phi) is 16.0. The molecule has 0 radical (unpaired) electrons. The van der Waals surface area contributed by atoms with Crippen LogP contribution in [0.4, 0.5) is 0 Å². The van der Waals surface area contributed by atoms with Gasteiger partial charge in [0.2, 0.25) is 17.6 Å². The average Bonchev–Trinajstić information content (AvgIpc) is 3.22. The molecule has 4 amide bonds. The standard InChI is InChI=1S/C46H56N4O10/c1-5-13-35(41(53)43(55)47-28-38(52)50-40(32-17-10-7-11-18-32)45(57)60-46(2,3)4)48-42(54)36-27-30-14-12-19-34(26-30)58-33-23-20-29(21-24-33)22-25-37(51)49-39(44(56)59-36)31-15-8-6-9-16-31/h7,10-12,14,17-21,23-24,26,31,35-36,39-40H,5-6,8-9,13,15-16,22,25,27-28H2,1-4H3,(H,47,55)(H,48,54)(H,49,51)(H,50,52)/t35?,36?,39-,40?/m0/s1. The van der Waals surface area contributed by atoms with Crippen molar-refractivity contribution >= 4 is 41.4 Å². The molecule has 4 atom stereocenters. The number of carbonyl (C=O) groups is 7. The van der Waals surface area contributed by atoms with Crippen LogP contribution in [0.3, 0.4) is 0 Å². The Morgan fingerprint density at radius 2 is 1.55 bits per heavy atom. The van der Waals surface area contributed by atoms with Gasteiger partial charge in [-0.2, -0.15) is 0 Å². The van der Waals surface area contributed by atoms with Crippen molar-refractivity contribution in [1.29, 1.82) is 0 Å². The first-order chi connectivity index (χ1) is 28.7. The van der Waals surface area contributed by atoms with E-state index in [0.717, 1.165) is 24.8 Å². The Morgan fingerprint density at radius 3 is 2.23 bits per heavy atom. The van der Waals surface area contributed by atoms with E-state index in [0.29, 0.717) is 48.3 Å². The molecule has 6 rings (SSSR count). The van der Waals surface area contributed by atoms with E-state index >= 15 is 0 Å². The molecule has 2 heterocycles. The fourth-order valence-electron chi connectivity index (χ4n) is 7.28. The van der Waals surface area contributed by atoms with E-state index in [1.165, 1.54) is 0 Å². The number of hydrogen-bond donors (Lipinski definition) is 4. The van der Waals surface area contributed by atoms with Crippen LogP contribution < -0.4 is 26.0 Å². The van der Waals surface area contributed by atoms with E-state index < -0.39 is 71.8 Å². The van der Waals surface area contributed by atoms with Gasteiger partial charge in [-0.05, 0) is 93.3 Å². The largest absolute Gasteiger partial charge is 0.458 e. The van der Waals surface area contributed by atoms with Crippen molar-refractivity contribution in [2.45, 2.75) is 122 Å². The molecular formula is C46H56N4O10. The third-order valence-corrected chi connectivity index (χ3v) is 10.3. The zero-order valence-corrected chi connectivity index (χ0v) is 34.8. The van der Waals surface area contributed by atoms with Crippen LogP contribution in [0.5, 0.6) is 11.5 Å². The highest BCUT2D eigenvalue weighted by atomic mass is 16.6. The molecular weight excluding hydrogens is 769 g/mol. The average molecular weight is 825 g/mol. The number of carbonyl (C=O) groups excluding carboxylic acids is 7. The van der Waals surface area contributed by atoms with Gasteiger partial charge in [0.1, 0.15) is 23.1 Å². The number of benzene rings is 3. The quantitative estimate of drug-likeness (QED) is 0.141. The normalized spacial score (nSPS) is 18.6. The van der Waals surface area contributed by atoms with Gasteiger partial charge in [0.25, 0.3) is 11.8 Å². The Balaban J connectivity index is 1.32. The van der Waals surface area contributed by atoms with Gasteiger partial charge in [0, 0.05) is 12.8 Å². The topological polar surface area (TPSA) is 195 Å². The predicted octanol–water partition coefficient (Wildman–Crippen LogP) is 5.11. The molecule has 2 aliphatic heterocycles. The van der Waals surface area contributed by atoms with Gasteiger partial charge in [0.15, 0.2) is 12.1 Å². The number of Topliss-reactive ketones (excluding diaryl/α,β-unsaturated/α-hetero) is 1. The van der Waals surface area contributed by atoms with Crippen LogP contribution in [0.1, 0.15) is 102 Å². The summed E-state index contributed by atoms with van der Waals surface area (Å²) >= 11 is 0. The maximum absolute atomic E-state index is 14.1. The number of fused-ring (bicyclic) bond motifs is 10. The highest BCUT2D eigenvalue weighted by Gasteiger charge is 2.37. The van der Waals surface area contributed by atoms with Crippen LogP contribution >= 0.6 is 0 Å². The van der Waals surface area contributed by atoms with E-state index in [2.05, 4.69) is 21.3 Å². The van der Waals surface area contributed by atoms with Gasteiger partial charge in [-0.25, -0.2) is 9.59 Å². The van der Waals surface area contributed by atoms with Crippen molar-refractivity contribution in [3.8, 4) is 11.5 Å². The zero-order chi connectivity index (χ0) is 43.2. The lowest BCUT2D eigenvalue weighted by molar-refractivity contribution is -0.160. The second-order valence-electron chi connectivity index (χ2n) is 16.3. The molecule has 0 aromatic heterocycles. The molecule has 3 aliphatic rings. The van der Waals surface area contributed by atoms with Gasteiger partial charge in [-0.1, -0.05) is 87.2 Å². The summed E-state index contributed by atoms with van der Waals surface area (Å²) in [4.78, 5) is 94.4. The van der Waals surface area contributed by atoms with Gasteiger partial charge < -0.3 is 35.5 Å². The summed E-state index contributed by atoms with van der Waals surface area (Å²) in [5, 5.41) is 10.4. The van der Waals surface area contributed by atoms with Gasteiger partial charge in [-0.15, -0.1) is 0 Å². The number of esters is 2. The van der Waals surface area contributed by atoms with Crippen LogP contribution in [-0.2, 0) is 55.9 Å². The van der Waals surface area contributed by atoms with Crippen molar-refractivity contribution < 1.29 is 47.8 Å². The lowest BCUT2D eigenvalue weighted by Crippen LogP contribution is -2.53. The van der Waals surface area contributed by atoms with Gasteiger partial charge in [-0.3, -0.25) is 24.0 Å². The maximum atomic E-state index is 14.1. The molecule has 60 heavy (non-hydrogen) atoms. The van der Waals surface area contributed by atoms with Crippen molar-refractivity contribution in [2.24, 2.45) is 5.92 Å². The molecule has 0 spiro atoms. The second-order valence-corrected chi connectivity index (χ2v) is 16.3. The van der Waals surface area contributed by atoms with Gasteiger partial charge in [0.05, 0.1) is 12.6 Å². The lowest BCUT2D eigenvalue weighted by atomic mass is 9.83. The van der Waals surface area contributed by atoms with E-state index in [1.54, 1.807) is 82.3 Å². The summed E-state index contributed by atoms with van der Waals surface area (Å²) in [5.41, 5.74) is 1.13. The number of aryl methyl sites for hydroxylation is 1. The van der Waals surface area contributed by atoms with Crippen LogP contribution in [0.2, 0.25) is 0 Å². The first-order valence-electron chi connectivity index (χ1n) is 20.7. The number of ether oxygens (including phenoxy) is 3. The minimum Gasteiger partial charge on any atom is -0.458 e. The summed E-state index contributed by atoms with van der Waals surface area (Å²) in [6, 6.07) is 19.3. The molecule has 3 unspecified atom stereocenters. The highest BCUT2D eigenvalue weighted by Crippen LogP contribution is 2.29. The van der Waals surface area contributed by atoms with Crippen LogP contribution in [0.25, 0.3) is 0 Å². The van der Waals surface area contributed by atoms with Crippen LogP contribution in [0.15, 0.2) is 78.9 Å². The summed E-state index contributed by atoms with van der Waals surface area (Å²) < 4.78 is 17.6. The van der Waals surface area contributed by atoms with Crippen LogP contribution in [-0.4, -0.2) is 71.7 Å². The summed E-state index contributed by atoms with van der Waals surface area (Å²) in [7, 11) is 0. The smallest absolute Gasteiger partial charge is 0.333 e. The number of ketones is 1. The molecule has 3 aromatic rings. The molecule has 0 saturated heterocycles. The predicted molar refractivity (Wildman–Crippen MR) is 221 cm³/mol. The highest BCUT2D eigenvalue weighted by molar-refractivity contribution is 6.38. The first-order valence-corrected chi connectivity index (χ1v) is 20.7. The summed E-state index contributed by atoms with van der Waals surface area (Å²) in [6.45, 7) is 6.20. The van der Waals surface area contributed by atoms with E-state index in [4.69, 9.17) is 14.2 Å². The van der Waals surface area contributed by atoms with Crippen molar-refractivity contribution in [1.82, 2.24) is 21.3 Å². The third-order valence-electron chi connectivity index (χ3n) is 10.3. The first kappa shape index (κ1) is 45.0. The summed E-state index contributed by atoms with van der Waals surface area (Å²) in [5.74, 6) is -4.69. The molecule has 4 bridgehead atoms. The molecule has 14 nitrogen and oxygen atoms in total. The fraction of sp³-hybridized carbons (Fsp3) is 0.457. The van der Waals surface area contributed by atoms with E-state index in [-0.39, 0.29) is 31.1 Å². The number of hydrogen-bond acceptors (Lipinski definition) is 10. The Labute approximate surface area is 350 Å². The second kappa shape index (κ2) is 21.3. The molecule has 14 heteroatoms. The third kappa shape index (κ3) is 13.5. The Morgan fingerprint density at radius 1 is 0.833 bits per heavy atom. The van der Waals surface area contributed by atoms with E-state index in [1.807, 2.05) is 24.3 Å². The number of nitrogens with one attached hydrogen (secondary N) is 4. The van der Waals surface area contributed by atoms with Crippen molar-refractivity contribution in [2.75, 3.05) is 6.54 Å². The Hall–Kier alpha value is -6.05. The minimum absolute atomic E-state index is 0.0579. The van der Waals surface area contributed by atoms with Crippen LogP contribution in [0, 0.1) is 5.92 Å².